The number of aryl methyl sites for hydroxylation is 1. The second kappa shape index (κ2) is 8.34. The highest BCUT2D eigenvalue weighted by atomic mass is 19.1. The summed E-state index contributed by atoms with van der Waals surface area (Å²) >= 11 is 0. The van der Waals surface area contributed by atoms with Crippen LogP contribution in [0.3, 0.4) is 0 Å². The van der Waals surface area contributed by atoms with Crippen LogP contribution >= 0.6 is 0 Å². The maximum Gasteiger partial charge on any atom is 0.165 e. The zero-order valence-electron chi connectivity index (χ0n) is 15.7. The minimum atomic E-state index is -0.366. The Kier molecular flexibility index (Phi) is 5.90. The molecule has 3 aromatic rings. The maximum absolute atomic E-state index is 14.1. The normalized spacial score (nSPS) is 11.4. The third kappa shape index (κ3) is 5.16. The molecule has 0 aliphatic heterocycles. The summed E-state index contributed by atoms with van der Waals surface area (Å²) in [4.78, 5) is 0. The van der Waals surface area contributed by atoms with Crippen molar-refractivity contribution in [2.45, 2.75) is 38.5 Å². The number of benzene rings is 3. The molecular weight excluding hydrogens is 342 g/mol. The first-order valence-corrected chi connectivity index (χ1v) is 9.21. The third-order valence-corrected chi connectivity index (χ3v) is 4.86. The Morgan fingerprint density at radius 3 is 2.26 bits per heavy atom. The molecular formula is C24H24F2O. The molecule has 0 unspecified atom stereocenters. The SMILES string of the molecule is CC(C)(CCCc1ccc(F)c(Oc2ccccc2)c1)c1ccc(F)cc1. The van der Waals surface area contributed by atoms with Gasteiger partial charge in [-0.25, -0.2) is 8.78 Å². The molecule has 3 heteroatoms. The van der Waals surface area contributed by atoms with E-state index in [2.05, 4.69) is 13.8 Å². The van der Waals surface area contributed by atoms with E-state index < -0.39 is 0 Å². The van der Waals surface area contributed by atoms with E-state index in [9.17, 15) is 8.78 Å². The fourth-order valence-corrected chi connectivity index (χ4v) is 3.18. The smallest absolute Gasteiger partial charge is 0.165 e. The topological polar surface area (TPSA) is 9.23 Å². The van der Waals surface area contributed by atoms with Crippen molar-refractivity contribution < 1.29 is 13.5 Å². The largest absolute Gasteiger partial charge is 0.454 e. The van der Waals surface area contributed by atoms with E-state index in [4.69, 9.17) is 4.74 Å². The third-order valence-electron chi connectivity index (χ3n) is 4.86. The second-order valence-corrected chi connectivity index (χ2v) is 7.42. The van der Waals surface area contributed by atoms with Gasteiger partial charge in [-0.3, -0.25) is 0 Å². The molecule has 0 heterocycles. The van der Waals surface area contributed by atoms with Gasteiger partial charge in [0, 0.05) is 0 Å². The monoisotopic (exact) mass is 366 g/mol. The molecule has 3 aromatic carbocycles. The highest BCUT2D eigenvalue weighted by molar-refractivity contribution is 5.35. The molecule has 0 fully saturated rings. The summed E-state index contributed by atoms with van der Waals surface area (Å²) in [5.41, 5.74) is 2.12. The molecule has 0 radical (unpaired) electrons. The lowest BCUT2D eigenvalue weighted by molar-refractivity contribution is 0.439. The standard InChI is InChI=1S/C24H24F2O/c1-24(2,19-11-13-20(25)14-12-19)16-6-7-18-10-15-22(26)23(17-18)27-21-8-4-3-5-9-21/h3-5,8-15,17H,6-7,16H2,1-2H3. The Morgan fingerprint density at radius 2 is 1.56 bits per heavy atom. The van der Waals surface area contributed by atoms with Crippen molar-refractivity contribution in [3.8, 4) is 11.5 Å². The summed E-state index contributed by atoms with van der Waals surface area (Å²) in [6, 6.07) is 20.9. The Balaban J connectivity index is 1.62. The fourth-order valence-electron chi connectivity index (χ4n) is 3.18. The predicted octanol–water partition coefficient (Wildman–Crippen LogP) is 7.06. The van der Waals surface area contributed by atoms with E-state index in [1.165, 1.54) is 18.2 Å². The van der Waals surface area contributed by atoms with Crippen molar-refractivity contribution in [1.29, 1.82) is 0 Å². The van der Waals surface area contributed by atoms with E-state index in [0.717, 1.165) is 30.4 Å². The van der Waals surface area contributed by atoms with Crippen LogP contribution < -0.4 is 4.74 Å². The summed E-state index contributed by atoms with van der Waals surface area (Å²) in [6.45, 7) is 4.32. The Morgan fingerprint density at radius 1 is 0.852 bits per heavy atom. The van der Waals surface area contributed by atoms with Crippen LogP contribution in [-0.2, 0) is 11.8 Å². The van der Waals surface area contributed by atoms with Gasteiger partial charge in [0.25, 0.3) is 0 Å². The van der Waals surface area contributed by atoms with E-state index in [0.29, 0.717) is 5.75 Å². The molecule has 0 saturated carbocycles. The van der Waals surface area contributed by atoms with Crippen molar-refractivity contribution >= 4 is 0 Å². The number of hydrogen-bond acceptors (Lipinski definition) is 1. The lowest BCUT2D eigenvalue weighted by Gasteiger charge is -2.25. The molecule has 0 saturated heterocycles. The van der Waals surface area contributed by atoms with Crippen LogP contribution in [0.1, 0.15) is 37.8 Å². The van der Waals surface area contributed by atoms with Crippen LogP contribution in [0.2, 0.25) is 0 Å². The summed E-state index contributed by atoms with van der Waals surface area (Å²) in [7, 11) is 0. The number of ether oxygens (including phenoxy) is 1. The summed E-state index contributed by atoms with van der Waals surface area (Å²) < 4.78 is 32.9. The van der Waals surface area contributed by atoms with Gasteiger partial charge in [-0.1, -0.05) is 50.2 Å². The first-order chi connectivity index (χ1) is 12.9. The minimum absolute atomic E-state index is 0.0445. The van der Waals surface area contributed by atoms with Gasteiger partial charge in [0.1, 0.15) is 11.6 Å². The van der Waals surface area contributed by atoms with E-state index in [-0.39, 0.29) is 22.8 Å². The van der Waals surface area contributed by atoms with Crippen LogP contribution in [0.25, 0.3) is 0 Å². The number of hydrogen-bond donors (Lipinski definition) is 0. The zero-order valence-corrected chi connectivity index (χ0v) is 15.7. The first-order valence-electron chi connectivity index (χ1n) is 9.21. The summed E-state index contributed by atoms with van der Waals surface area (Å²) in [5.74, 6) is 0.281. The first kappa shape index (κ1) is 19.1. The molecule has 140 valence electrons. The van der Waals surface area contributed by atoms with Gasteiger partial charge in [-0.05, 0) is 72.2 Å². The van der Waals surface area contributed by atoms with Crippen molar-refractivity contribution in [3.63, 3.8) is 0 Å². The molecule has 0 aliphatic carbocycles. The lowest BCUT2D eigenvalue weighted by atomic mass is 9.80. The van der Waals surface area contributed by atoms with Crippen molar-refractivity contribution in [2.24, 2.45) is 0 Å². The molecule has 0 amide bonds. The molecule has 0 spiro atoms. The highest BCUT2D eigenvalue weighted by Gasteiger charge is 2.20. The van der Waals surface area contributed by atoms with E-state index in [1.54, 1.807) is 24.3 Å². The van der Waals surface area contributed by atoms with E-state index >= 15 is 0 Å². The Bertz CT molecular complexity index is 871. The summed E-state index contributed by atoms with van der Waals surface area (Å²) in [5, 5.41) is 0. The molecule has 27 heavy (non-hydrogen) atoms. The number of halogens is 2. The van der Waals surface area contributed by atoms with Crippen LogP contribution in [0.4, 0.5) is 8.78 Å². The van der Waals surface area contributed by atoms with Crippen LogP contribution in [-0.4, -0.2) is 0 Å². The van der Waals surface area contributed by atoms with Gasteiger partial charge in [-0.2, -0.15) is 0 Å². The van der Waals surface area contributed by atoms with Gasteiger partial charge < -0.3 is 4.74 Å². The van der Waals surface area contributed by atoms with Crippen LogP contribution in [0.5, 0.6) is 11.5 Å². The van der Waals surface area contributed by atoms with Gasteiger partial charge in [0.05, 0.1) is 0 Å². The molecule has 0 aromatic heterocycles. The average molecular weight is 366 g/mol. The predicted molar refractivity (Wildman–Crippen MR) is 105 cm³/mol. The molecule has 0 atom stereocenters. The highest BCUT2D eigenvalue weighted by Crippen LogP contribution is 2.30. The molecule has 3 rings (SSSR count). The number of rotatable bonds is 7. The Hall–Kier alpha value is -2.68. The van der Waals surface area contributed by atoms with Gasteiger partial charge in [0.2, 0.25) is 0 Å². The van der Waals surface area contributed by atoms with Gasteiger partial charge in [-0.15, -0.1) is 0 Å². The second-order valence-electron chi connectivity index (χ2n) is 7.42. The molecule has 0 aliphatic rings. The molecule has 1 nitrogen and oxygen atoms in total. The van der Waals surface area contributed by atoms with Gasteiger partial charge >= 0.3 is 0 Å². The molecule has 0 N–H and O–H groups in total. The average Bonchev–Trinajstić information content (AvgIpc) is 2.65. The fraction of sp³-hybridized carbons (Fsp3) is 0.250. The zero-order chi connectivity index (χ0) is 19.3. The Labute approximate surface area is 159 Å². The van der Waals surface area contributed by atoms with Crippen LogP contribution in [0, 0.1) is 11.6 Å². The lowest BCUT2D eigenvalue weighted by Crippen LogP contribution is -2.17. The van der Waals surface area contributed by atoms with Crippen molar-refractivity contribution in [3.05, 3.63) is 95.6 Å². The molecule has 0 bridgehead atoms. The summed E-state index contributed by atoms with van der Waals surface area (Å²) in [6.07, 6.45) is 2.72. The van der Waals surface area contributed by atoms with Crippen molar-refractivity contribution in [1.82, 2.24) is 0 Å². The van der Waals surface area contributed by atoms with E-state index in [1.807, 2.05) is 30.3 Å². The quantitative estimate of drug-likeness (QED) is 0.435. The minimum Gasteiger partial charge on any atom is -0.454 e. The number of para-hydroxylation sites is 1. The van der Waals surface area contributed by atoms with Crippen molar-refractivity contribution in [2.75, 3.05) is 0 Å². The van der Waals surface area contributed by atoms with Gasteiger partial charge in [0.15, 0.2) is 11.6 Å². The maximum atomic E-state index is 14.1. The van der Waals surface area contributed by atoms with Crippen LogP contribution in [0.15, 0.2) is 72.8 Å².